The minimum atomic E-state index is -0.405. The van der Waals surface area contributed by atoms with Crippen LogP contribution in [0.15, 0.2) is 29.8 Å². The van der Waals surface area contributed by atoms with Crippen molar-refractivity contribution in [3.63, 3.8) is 0 Å². The first kappa shape index (κ1) is 18.8. The number of hydrogen-bond acceptors (Lipinski definition) is 2. The Morgan fingerprint density at radius 2 is 2.11 bits per heavy atom. The van der Waals surface area contributed by atoms with Gasteiger partial charge in [0.25, 0.3) is 0 Å². The first-order valence-corrected chi connectivity index (χ1v) is 11.4. The number of fused-ring (bicyclic) bond motifs is 6. The number of halogens is 2. The van der Waals surface area contributed by atoms with Gasteiger partial charge in [0.2, 0.25) is 0 Å². The third-order valence-corrected chi connectivity index (χ3v) is 7.72. The lowest BCUT2D eigenvalue weighted by molar-refractivity contribution is 0.0132. The minimum absolute atomic E-state index is 0.121. The Labute approximate surface area is 176 Å². The van der Waals surface area contributed by atoms with Gasteiger partial charge in [-0.3, -0.25) is 4.90 Å². The van der Waals surface area contributed by atoms with Gasteiger partial charge in [-0.2, -0.15) is 0 Å². The monoisotopic (exact) mass is 419 g/mol. The Bertz CT molecular complexity index is 813. The molecule has 3 saturated heterocycles. The zero-order valence-corrected chi connectivity index (χ0v) is 17.6. The molecule has 0 radical (unpaired) electrons. The van der Waals surface area contributed by atoms with Gasteiger partial charge >= 0.3 is 0 Å². The highest BCUT2D eigenvalue weighted by molar-refractivity contribution is 7.80. The maximum atomic E-state index is 13.5. The van der Waals surface area contributed by atoms with Crippen molar-refractivity contribution in [3.8, 4) is 0 Å². The molecule has 0 saturated carbocycles. The van der Waals surface area contributed by atoms with E-state index in [4.69, 9.17) is 23.8 Å². The Hall–Kier alpha value is -1.17. The van der Waals surface area contributed by atoms with Crippen LogP contribution in [0.4, 0.5) is 10.1 Å². The number of benzene rings is 1. The zero-order valence-electron chi connectivity index (χ0n) is 16.0. The lowest BCUT2D eigenvalue weighted by Gasteiger charge is -2.55. The third kappa shape index (κ3) is 3.35. The maximum absolute atomic E-state index is 13.5. The van der Waals surface area contributed by atoms with Gasteiger partial charge in [0, 0.05) is 24.8 Å². The van der Waals surface area contributed by atoms with Gasteiger partial charge in [-0.1, -0.05) is 29.7 Å². The summed E-state index contributed by atoms with van der Waals surface area (Å²) in [5, 5.41) is 4.16. The number of nitrogens with one attached hydrogen (secondary N) is 1. The smallest absolute Gasteiger partial charge is 0.173 e. The fraction of sp³-hybridized carbons (Fsp3) is 0.591. The summed E-state index contributed by atoms with van der Waals surface area (Å²) in [6.45, 7) is 3.43. The zero-order chi connectivity index (χ0) is 19.3. The van der Waals surface area contributed by atoms with Gasteiger partial charge in [-0.05, 0) is 80.9 Å². The van der Waals surface area contributed by atoms with Gasteiger partial charge in [-0.25, -0.2) is 4.39 Å². The van der Waals surface area contributed by atoms with Crippen LogP contribution in [0.1, 0.15) is 38.5 Å². The molecule has 3 nitrogen and oxygen atoms in total. The molecule has 0 spiro atoms. The van der Waals surface area contributed by atoms with E-state index in [1.807, 2.05) is 0 Å². The van der Waals surface area contributed by atoms with E-state index in [1.54, 1.807) is 17.7 Å². The molecule has 4 aliphatic rings. The molecule has 2 bridgehead atoms. The quantitative estimate of drug-likeness (QED) is 0.505. The van der Waals surface area contributed by atoms with Crippen molar-refractivity contribution < 1.29 is 4.39 Å². The number of likely N-dealkylation sites (tertiary alicyclic amines) is 1. The van der Waals surface area contributed by atoms with E-state index in [0.717, 1.165) is 35.7 Å². The number of nitrogens with zero attached hydrogens (tertiary/aromatic N) is 2. The third-order valence-electron chi connectivity index (χ3n) is 7.09. The number of piperidine rings is 3. The largest absolute Gasteiger partial charge is 0.342 e. The SMILES string of the molecule is Fc1ccc(NC(=S)N2CCCC3=C[C@@H]4C[C@@H](CN5CCCC[C@H]45)[C@@H]32)cc1Cl. The van der Waals surface area contributed by atoms with E-state index in [1.165, 1.54) is 51.3 Å². The molecular weight excluding hydrogens is 393 g/mol. The molecule has 1 aliphatic carbocycles. The fourth-order valence-corrected chi connectivity index (χ4v) is 6.47. The van der Waals surface area contributed by atoms with Gasteiger partial charge in [0.05, 0.1) is 11.1 Å². The molecule has 0 unspecified atom stereocenters. The Morgan fingerprint density at radius 3 is 2.96 bits per heavy atom. The molecule has 1 N–H and O–H groups in total. The van der Waals surface area contributed by atoms with Crippen molar-refractivity contribution >= 4 is 34.6 Å². The molecule has 150 valence electrons. The molecule has 1 aromatic carbocycles. The molecular formula is C22H27ClFN3S. The first-order chi connectivity index (χ1) is 13.6. The number of anilines is 1. The van der Waals surface area contributed by atoms with Crippen LogP contribution in [0.5, 0.6) is 0 Å². The summed E-state index contributed by atoms with van der Waals surface area (Å²) in [5.41, 5.74) is 2.35. The van der Waals surface area contributed by atoms with E-state index in [-0.39, 0.29) is 5.02 Å². The predicted molar refractivity (Wildman–Crippen MR) is 116 cm³/mol. The molecule has 4 atom stereocenters. The topological polar surface area (TPSA) is 18.5 Å². The normalized spacial score (nSPS) is 32.2. The van der Waals surface area contributed by atoms with Crippen LogP contribution in [0.2, 0.25) is 5.02 Å². The molecule has 3 aliphatic heterocycles. The summed E-state index contributed by atoms with van der Waals surface area (Å²) in [7, 11) is 0. The standard InChI is InChI=1S/C22H27ClFN3S/c23-18-12-17(6-7-19(18)24)25-22(28)27-9-3-4-14-10-15-11-16(21(14)27)13-26-8-2-1-5-20(15)26/h6-7,10,12,15-16,20-21H,1-5,8-9,11,13H2,(H,25,28)/t15-,16+,20-,21-/m1/s1. The molecule has 0 amide bonds. The van der Waals surface area contributed by atoms with E-state index in [0.29, 0.717) is 12.0 Å². The van der Waals surface area contributed by atoms with Crippen molar-refractivity contribution in [3.05, 3.63) is 40.7 Å². The van der Waals surface area contributed by atoms with Crippen molar-refractivity contribution in [1.29, 1.82) is 0 Å². The molecule has 3 fully saturated rings. The van der Waals surface area contributed by atoms with Crippen molar-refractivity contribution in [1.82, 2.24) is 9.80 Å². The van der Waals surface area contributed by atoms with E-state index in [2.05, 4.69) is 21.2 Å². The van der Waals surface area contributed by atoms with Crippen LogP contribution < -0.4 is 5.32 Å². The van der Waals surface area contributed by atoms with Crippen LogP contribution in [0.25, 0.3) is 0 Å². The van der Waals surface area contributed by atoms with Gasteiger partial charge < -0.3 is 10.2 Å². The molecule has 5 rings (SSSR count). The predicted octanol–water partition coefficient (Wildman–Crippen LogP) is 5.07. The average molecular weight is 420 g/mol. The number of hydrogen-bond donors (Lipinski definition) is 1. The summed E-state index contributed by atoms with van der Waals surface area (Å²) in [6, 6.07) is 5.87. The lowest BCUT2D eigenvalue weighted by Crippen LogP contribution is -2.60. The lowest BCUT2D eigenvalue weighted by atomic mass is 9.68. The van der Waals surface area contributed by atoms with Crippen molar-refractivity contribution in [2.45, 2.75) is 50.6 Å². The average Bonchev–Trinajstić information content (AvgIpc) is 2.70. The van der Waals surface area contributed by atoms with E-state index >= 15 is 0 Å². The molecule has 28 heavy (non-hydrogen) atoms. The minimum Gasteiger partial charge on any atom is -0.342 e. The van der Waals surface area contributed by atoms with Crippen LogP contribution in [-0.2, 0) is 0 Å². The van der Waals surface area contributed by atoms with E-state index in [9.17, 15) is 4.39 Å². The van der Waals surface area contributed by atoms with Crippen molar-refractivity contribution in [2.75, 3.05) is 25.0 Å². The second kappa shape index (κ2) is 7.58. The summed E-state index contributed by atoms with van der Waals surface area (Å²) in [5.74, 6) is 0.969. The van der Waals surface area contributed by atoms with Crippen LogP contribution >= 0.6 is 23.8 Å². The molecule has 6 heteroatoms. The van der Waals surface area contributed by atoms with E-state index < -0.39 is 5.82 Å². The Morgan fingerprint density at radius 1 is 1.21 bits per heavy atom. The van der Waals surface area contributed by atoms with Gasteiger partial charge in [-0.15, -0.1) is 0 Å². The highest BCUT2D eigenvalue weighted by Gasteiger charge is 2.46. The second-order valence-corrected chi connectivity index (χ2v) is 9.55. The maximum Gasteiger partial charge on any atom is 0.173 e. The van der Waals surface area contributed by atoms with Crippen LogP contribution in [-0.4, -0.2) is 46.6 Å². The summed E-state index contributed by atoms with van der Waals surface area (Å²) >= 11 is 11.7. The van der Waals surface area contributed by atoms with Crippen molar-refractivity contribution in [2.24, 2.45) is 11.8 Å². The molecule has 3 heterocycles. The highest BCUT2D eigenvalue weighted by atomic mass is 35.5. The number of thiocarbonyl (C=S) groups is 1. The van der Waals surface area contributed by atoms with Gasteiger partial charge in [0.15, 0.2) is 5.11 Å². The second-order valence-electron chi connectivity index (χ2n) is 8.76. The highest BCUT2D eigenvalue weighted by Crippen LogP contribution is 2.45. The van der Waals surface area contributed by atoms with Gasteiger partial charge in [0.1, 0.15) is 5.82 Å². The summed E-state index contributed by atoms with van der Waals surface area (Å²) in [6.07, 6.45) is 10.3. The Balaban J connectivity index is 1.38. The van der Waals surface area contributed by atoms with Crippen LogP contribution in [0, 0.1) is 17.7 Å². The van der Waals surface area contributed by atoms with Crippen LogP contribution in [0.3, 0.4) is 0 Å². The Kier molecular flexibility index (Phi) is 5.10. The summed E-state index contributed by atoms with van der Waals surface area (Å²) in [4.78, 5) is 5.13. The number of rotatable bonds is 1. The first-order valence-electron chi connectivity index (χ1n) is 10.6. The molecule has 0 aromatic heterocycles. The molecule has 1 aromatic rings. The summed E-state index contributed by atoms with van der Waals surface area (Å²) < 4.78 is 13.5. The fourth-order valence-electron chi connectivity index (χ4n) is 5.97.